The standard InChI is InChI=1S/C13H11F3N2O4/c14-13(15,16)7-17-11(19)6-21-12(20)5-9-8-3-1-2-4-10(8)22-18-9/h1-4H,5-7H2,(H,17,19). The zero-order chi connectivity index (χ0) is 16.2. The first-order valence-corrected chi connectivity index (χ1v) is 6.17. The number of ether oxygens (including phenoxy) is 1. The summed E-state index contributed by atoms with van der Waals surface area (Å²) in [6.07, 6.45) is -4.76. The molecule has 0 aliphatic carbocycles. The number of para-hydroxylation sites is 1. The van der Waals surface area contributed by atoms with Gasteiger partial charge in [0.15, 0.2) is 12.2 Å². The van der Waals surface area contributed by atoms with Crippen molar-refractivity contribution in [3.63, 3.8) is 0 Å². The first-order chi connectivity index (χ1) is 10.3. The van der Waals surface area contributed by atoms with Crippen molar-refractivity contribution in [2.24, 2.45) is 0 Å². The average Bonchev–Trinajstić information content (AvgIpc) is 2.85. The highest BCUT2D eigenvalue weighted by Gasteiger charge is 2.27. The molecule has 1 aromatic carbocycles. The minimum Gasteiger partial charge on any atom is -0.455 e. The lowest BCUT2D eigenvalue weighted by molar-refractivity contribution is -0.150. The molecule has 0 bridgehead atoms. The number of rotatable bonds is 5. The highest BCUT2D eigenvalue weighted by molar-refractivity contribution is 5.85. The van der Waals surface area contributed by atoms with E-state index in [9.17, 15) is 22.8 Å². The lowest BCUT2D eigenvalue weighted by Gasteiger charge is -2.08. The summed E-state index contributed by atoms with van der Waals surface area (Å²) in [6, 6.07) is 6.84. The summed E-state index contributed by atoms with van der Waals surface area (Å²) in [4.78, 5) is 22.6. The van der Waals surface area contributed by atoms with Crippen molar-refractivity contribution in [3.05, 3.63) is 30.0 Å². The van der Waals surface area contributed by atoms with Gasteiger partial charge in [0.05, 0.1) is 6.42 Å². The molecule has 0 radical (unpaired) electrons. The third-order valence-electron chi connectivity index (χ3n) is 2.61. The number of hydrogen-bond donors (Lipinski definition) is 1. The molecule has 0 atom stereocenters. The number of carbonyl (C=O) groups excluding carboxylic acids is 2. The Kier molecular flexibility index (Phi) is 4.64. The van der Waals surface area contributed by atoms with Gasteiger partial charge in [-0.05, 0) is 12.1 Å². The molecule has 1 aromatic heterocycles. The number of esters is 1. The van der Waals surface area contributed by atoms with E-state index in [1.165, 1.54) is 0 Å². The minimum atomic E-state index is -4.51. The Hall–Kier alpha value is -2.58. The second kappa shape index (κ2) is 6.46. The van der Waals surface area contributed by atoms with Gasteiger partial charge >= 0.3 is 12.1 Å². The Labute approximate surface area is 122 Å². The van der Waals surface area contributed by atoms with Crippen molar-refractivity contribution in [1.82, 2.24) is 10.5 Å². The Morgan fingerprint density at radius 3 is 2.73 bits per heavy atom. The molecular weight excluding hydrogens is 305 g/mol. The molecule has 0 aliphatic rings. The van der Waals surface area contributed by atoms with Gasteiger partial charge in [-0.2, -0.15) is 13.2 Å². The lowest BCUT2D eigenvalue weighted by Crippen LogP contribution is -2.36. The molecule has 1 amide bonds. The predicted molar refractivity (Wildman–Crippen MR) is 67.7 cm³/mol. The van der Waals surface area contributed by atoms with Gasteiger partial charge in [-0.15, -0.1) is 0 Å². The van der Waals surface area contributed by atoms with Crippen LogP contribution in [0.3, 0.4) is 0 Å². The van der Waals surface area contributed by atoms with Gasteiger partial charge < -0.3 is 14.6 Å². The molecule has 0 unspecified atom stereocenters. The van der Waals surface area contributed by atoms with E-state index in [1.807, 2.05) is 0 Å². The zero-order valence-corrected chi connectivity index (χ0v) is 11.1. The van der Waals surface area contributed by atoms with Gasteiger partial charge in [0.25, 0.3) is 5.91 Å². The SMILES string of the molecule is O=C(COC(=O)Cc1noc2ccccc12)NCC(F)(F)F. The number of aromatic nitrogens is 1. The van der Waals surface area contributed by atoms with Crippen LogP contribution in [0.25, 0.3) is 11.0 Å². The van der Waals surface area contributed by atoms with Crippen LogP contribution in [-0.4, -0.2) is 36.4 Å². The number of nitrogens with zero attached hydrogens (tertiary/aromatic N) is 1. The highest BCUT2D eigenvalue weighted by Crippen LogP contribution is 2.18. The van der Waals surface area contributed by atoms with Crippen LogP contribution < -0.4 is 5.32 Å². The van der Waals surface area contributed by atoms with Gasteiger partial charge in [0, 0.05) is 5.39 Å². The maximum absolute atomic E-state index is 11.9. The summed E-state index contributed by atoms with van der Waals surface area (Å²) < 4.78 is 45.2. The van der Waals surface area contributed by atoms with Crippen molar-refractivity contribution < 1.29 is 32.0 Å². The number of hydrogen-bond acceptors (Lipinski definition) is 5. The first kappa shape index (κ1) is 15.8. The minimum absolute atomic E-state index is 0.246. The lowest BCUT2D eigenvalue weighted by atomic mass is 10.2. The fourth-order valence-electron chi connectivity index (χ4n) is 1.65. The van der Waals surface area contributed by atoms with Crippen molar-refractivity contribution in [2.75, 3.05) is 13.2 Å². The maximum Gasteiger partial charge on any atom is 0.405 e. The van der Waals surface area contributed by atoms with Crippen LogP contribution in [0, 0.1) is 0 Å². The Morgan fingerprint density at radius 1 is 1.27 bits per heavy atom. The molecular formula is C13H11F3N2O4. The third-order valence-corrected chi connectivity index (χ3v) is 2.61. The molecule has 0 saturated carbocycles. The van der Waals surface area contributed by atoms with Crippen LogP contribution in [0.1, 0.15) is 5.69 Å². The van der Waals surface area contributed by atoms with E-state index in [4.69, 9.17) is 4.52 Å². The van der Waals surface area contributed by atoms with Crippen LogP contribution in [-0.2, 0) is 20.7 Å². The summed E-state index contributed by atoms with van der Waals surface area (Å²) in [5.41, 5.74) is 0.824. The topological polar surface area (TPSA) is 81.4 Å². The monoisotopic (exact) mass is 316 g/mol. The number of halogens is 3. The molecule has 1 N–H and O–H groups in total. The van der Waals surface area contributed by atoms with Crippen LogP contribution in [0.15, 0.2) is 28.8 Å². The van der Waals surface area contributed by atoms with Gasteiger partial charge in [-0.1, -0.05) is 17.3 Å². The molecule has 118 valence electrons. The smallest absolute Gasteiger partial charge is 0.405 e. The summed E-state index contributed by atoms with van der Waals surface area (Å²) in [6.45, 7) is -2.26. The van der Waals surface area contributed by atoms with Crippen LogP contribution >= 0.6 is 0 Å². The normalized spacial score (nSPS) is 11.4. The molecule has 0 fully saturated rings. The van der Waals surface area contributed by atoms with E-state index < -0.39 is 31.2 Å². The van der Waals surface area contributed by atoms with E-state index in [1.54, 1.807) is 29.6 Å². The molecule has 22 heavy (non-hydrogen) atoms. The summed E-state index contributed by atoms with van der Waals surface area (Å²) in [5.74, 6) is -1.82. The number of amides is 1. The van der Waals surface area contributed by atoms with Crippen LogP contribution in [0.5, 0.6) is 0 Å². The third kappa shape index (κ3) is 4.47. The van der Waals surface area contributed by atoms with Crippen LogP contribution in [0.2, 0.25) is 0 Å². The van der Waals surface area contributed by atoms with Crippen molar-refractivity contribution >= 4 is 22.8 Å². The van der Waals surface area contributed by atoms with Gasteiger partial charge in [-0.3, -0.25) is 9.59 Å². The number of alkyl halides is 3. The highest BCUT2D eigenvalue weighted by atomic mass is 19.4. The number of fused-ring (bicyclic) bond motifs is 1. The predicted octanol–water partition coefficient (Wildman–Crippen LogP) is 1.59. The number of benzene rings is 1. The van der Waals surface area contributed by atoms with E-state index in [2.05, 4.69) is 9.89 Å². The number of nitrogens with one attached hydrogen (secondary N) is 1. The van der Waals surface area contributed by atoms with Crippen LogP contribution in [0.4, 0.5) is 13.2 Å². The van der Waals surface area contributed by atoms with Gasteiger partial charge in [0.1, 0.15) is 12.2 Å². The second-order valence-corrected chi connectivity index (χ2v) is 4.35. The van der Waals surface area contributed by atoms with E-state index in [0.29, 0.717) is 16.7 Å². The fraction of sp³-hybridized carbons (Fsp3) is 0.308. The second-order valence-electron chi connectivity index (χ2n) is 4.35. The Balaban J connectivity index is 1.82. The van der Waals surface area contributed by atoms with E-state index in [0.717, 1.165) is 0 Å². The summed E-state index contributed by atoms with van der Waals surface area (Å²) >= 11 is 0. The van der Waals surface area contributed by atoms with Crippen molar-refractivity contribution in [3.8, 4) is 0 Å². The first-order valence-electron chi connectivity index (χ1n) is 6.17. The van der Waals surface area contributed by atoms with Gasteiger partial charge in [-0.25, -0.2) is 0 Å². The largest absolute Gasteiger partial charge is 0.455 e. The molecule has 2 aromatic rings. The Morgan fingerprint density at radius 2 is 2.00 bits per heavy atom. The molecule has 1 heterocycles. The summed E-state index contributed by atoms with van der Waals surface area (Å²) in [7, 11) is 0. The molecule has 9 heteroatoms. The quantitative estimate of drug-likeness (QED) is 0.847. The van der Waals surface area contributed by atoms with Crippen molar-refractivity contribution in [1.29, 1.82) is 0 Å². The molecule has 0 aliphatic heterocycles. The van der Waals surface area contributed by atoms with Gasteiger partial charge in [0.2, 0.25) is 0 Å². The Bertz CT molecular complexity index is 681. The zero-order valence-electron chi connectivity index (χ0n) is 11.1. The molecule has 0 spiro atoms. The molecule has 6 nitrogen and oxygen atoms in total. The van der Waals surface area contributed by atoms with Crippen molar-refractivity contribution in [2.45, 2.75) is 12.6 Å². The summed E-state index contributed by atoms with van der Waals surface area (Å²) in [5, 5.41) is 5.92. The fourth-order valence-corrected chi connectivity index (χ4v) is 1.65. The van der Waals surface area contributed by atoms with E-state index in [-0.39, 0.29) is 6.42 Å². The number of carbonyl (C=O) groups is 2. The maximum atomic E-state index is 11.9. The average molecular weight is 316 g/mol. The van der Waals surface area contributed by atoms with E-state index >= 15 is 0 Å². The molecule has 0 saturated heterocycles. The molecule has 2 rings (SSSR count).